The Hall–Kier alpha value is -2.99. The third kappa shape index (κ3) is 2.82. The largest absolute Gasteiger partial charge is 0.450 e. The Labute approximate surface area is 155 Å². The smallest absolute Gasteiger partial charge is 0.291 e. The SMILES string of the molecule is C[NH+](C)CCN1C(=O)c2oc3ccccc3c(=O)c2[C@H]1c1ccccc1F. The highest BCUT2D eigenvalue weighted by molar-refractivity contribution is 5.99. The number of hydrogen-bond donors (Lipinski definition) is 1. The summed E-state index contributed by atoms with van der Waals surface area (Å²) >= 11 is 0. The molecule has 0 unspecified atom stereocenters. The Balaban J connectivity index is 1.96. The number of para-hydroxylation sites is 1. The predicted molar refractivity (Wildman–Crippen MR) is 99.4 cm³/mol. The molecule has 1 aromatic heterocycles. The lowest BCUT2D eigenvalue weighted by atomic mass is 9.98. The van der Waals surface area contributed by atoms with Crippen molar-refractivity contribution in [1.82, 2.24) is 4.90 Å². The van der Waals surface area contributed by atoms with Gasteiger partial charge in [-0.05, 0) is 18.2 Å². The summed E-state index contributed by atoms with van der Waals surface area (Å²) < 4.78 is 20.4. The van der Waals surface area contributed by atoms with Gasteiger partial charge in [0.1, 0.15) is 11.4 Å². The van der Waals surface area contributed by atoms with Gasteiger partial charge in [-0.2, -0.15) is 0 Å². The van der Waals surface area contributed by atoms with Crippen molar-refractivity contribution in [3.8, 4) is 0 Å². The van der Waals surface area contributed by atoms with Crippen molar-refractivity contribution in [3.63, 3.8) is 0 Å². The van der Waals surface area contributed by atoms with Gasteiger partial charge in [-0.1, -0.05) is 30.3 Å². The summed E-state index contributed by atoms with van der Waals surface area (Å²) in [5.74, 6) is -0.805. The number of fused-ring (bicyclic) bond motifs is 2. The number of carbonyl (C=O) groups excluding carboxylic acids is 1. The average molecular weight is 367 g/mol. The van der Waals surface area contributed by atoms with Crippen LogP contribution in [0.25, 0.3) is 11.0 Å². The second-order valence-electron chi connectivity index (χ2n) is 7.05. The molecule has 1 aliphatic rings. The summed E-state index contributed by atoms with van der Waals surface area (Å²) in [7, 11) is 3.95. The quantitative estimate of drug-likeness (QED) is 0.763. The van der Waals surface area contributed by atoms with Crippen LogP contribution >= 0.6 is 0 Å². The summed E-state index contributed by atoms with van der Waals surface area (Å²) in [6.07, 6.45) is 0. The lowest BCUT2D eigenvalue weighted by molar-refractivity contribution is -0.857. The molecule has 0 saturated carbocycles. The van der Waals surface area contributed by atoms with Gasteiger partial charge in [0.05, 0.1) is 44.2 Å². The van der Waals surface area contributed by atoms with Crippen molar-refractivity contribution in [1.29, 1.82) is 0 Å². The van der Waals surface area contributed by atoms with E-state index in [2.05, 4.69) is 0 Å². The summed E-state index contributed by atoms with van der Waals surface area (Å²) in [5.41, 5.74) is 0.605. The zero-order valence-electron chi connectivity index (χ0n) is 15.2. The topological polar surface area (TPSA) is 55.0 Å². The van der Waals surface area contributed by atoms with E-state index in [0.29, 0.717) is 29.6 Å². The fourth-order valence-electron chi connectivity index (χ4n) is 3.56. The molecule has 4 rings (SSSR count). The van der Waals surface area contributed by atoms with Crippen molar-refractivity contribution < 1.29 is 18.5 Å². The van der Waals surface area contributed by atoms with Crippen molar-refractivity contribution in [2.24, 2.45) is 0 Å². The zero-order chi connectivity index (χ0) is 19.1. The highest BCUT2D eigenvalue weighted by Crippen LogP contribution is 2.38. The van der Waals surface area contributed by atoms with Crippen LogP contribution in [0.4, 0.5) is 4.39 Å². The van der Waals surface area contributed by atoms with Crippen LogP contribution in [-0.2, 0) is 0 Å². The molecule has 1 aliphatic heterocycles. The van der Waals surface area contributed by atoms with E-state index in [1.54, 1.807) is 47.4 Å². The Morgan fingerprint density at radius 1 is 1.07 bits per heavy atom. The average Bonchev–Trinajstić information content (AvgIpc) is 2.93. The molecule has 0 radical (unpaired) electrons. The highest BCUT2D eigenvalue weighted by Gasteiger charge is 2.43. The molecule has 2 aromatic carbocycles. The van der Waals surface area contributed by atoms with Gasteiger partial charge in [0.15, 0.2) is 5.43 Å². The molecule has 0 spiro atoms. The Morgan fingerprint density at radius 2 is 1.78 bits per heavy atom. The van der Waals surface area contributed by atoms with Gasteiger partial charge in [-0.3, -0.25) is 9.59 Å². The number of benzene rings is 2. The van der Waals surface area contributed by atoms with E-state index in [9.17, 15) is 14.0 Å². The molecule has 0 aliphatic carbocycles. The minimum atomic E-state index is -0.783. The van der Waals surface area contributed by atoms with E-state index in [1.807, 2.05) is 14.1 Å². The van der Waals surface area contributed by atoms with Crippen molar-refractivity contribution >= 4 is 16.9 Å². The molecule has 138 valence electrons. The van der Waals surface area contributed by atoms with Crippen LogP contribution in [0.5, 0.6) is 0 Å². The zero-order valence-corrected chi connectivity index (χ0v) is 15.2. The maximum absolute atomic E-state index is 14.6. The maximum atomic E-state index is 14.6. The van der Waals surface area contributed by atoms with Gasteiger partial charge < -0.3 is 14.2 Å². The van der Waals surface area contributed by atoms with E-state index < -0.39 is 11.9 Å². The van der Waals surface area contributed by atoms with Crippen molar-refractivity contribution in [2.45, 2.75) is 6.04 Å². The minimum absolute atomic E-state index is 0.0145. The Morgan fingerprint density at radius 3 is 2.52 bits per heavy atom. The Kier molecular flexibility index (Phi) is 4.28. The van der Waals surface area contributed by atoms with Gasteiger partial charge in [0.2, 0.25) is 5.76 Å². The number of carbonyl (C=O) groups is 1. The summed E-state index contributed by atoms with van der Waals surface area (Å²) in [6, 6.07) is 12.3. The van der Waals surface area contributed by atoms with Crippen molar-refractivity contribution in [3.05, 3.63) is 81.5 Å². The lowest BCUT2D eigenvalue weighted by Crippen LogP contribution is -3.06. The van der Waals surface area contributed by atoms with Crippen LogP contribution in [-0.4, -0.2) is 38.0 Å². The van der Waals surface area contributed by atoms with Gasteiger partial charge in [-0.15, -0.1) is 0 Å². The third-order valence-corrected chi connectivity index (χ3v) is 4.93. The lowest BCUT2D eigenvalue weighted by Gasteiger charge is -2.25. The molecule has 0 bridgehead atoms. The normalized spacial score (nSPS) is 16.4. The van der Waals surface area contributed by atoms with Crippen LogP contribution in [0, 0.1) is 5.82 Å². The van der Waals surface area contributed by atoms with Gasteiger partial charge in [0, 0.05) is 5.56 Å². The van der Waals surface area contributed by atoms with E-state index in [1.165, 1.54) is 6.07 Å². The van der Waals surface area contributed by atoms with Crippen LogP contribution < -0.4 is 10.3 Å². The summed E-state index contributed by atoms with van der Waals surface area (Å²) in [4.78, 5) is 28.9. The fourth-order valence-corrected chi connectivity index (χ4v) is 3.56. The van der Waals surface area contributed by atoms with Crippen LogP contribution in [0.2, 0.25) is 0 Å². The maximum Gasteiger partial charge on any atom is 0.291 e. The first-order chi connectivity index (χ1) is 13.0. The molecule has 1 amide bonds. The summed E-state index contributed by atoms with van der Waals surface area (Å²) in [5, 5.41) is 0.394. The molecule has 2 heterocycles. The molecular weight excluding hydrogens is 347 g/mol. The molecule has 6 heteroatoms. The molecule has 1 N–H and O–H groups in total. The first-order valence-corrected chi connectivity index (χ1v) is 8.89. The highest BCUT2D eigenvalue weighted by atomic mass is 19.1. The standard InChI is InChI=1S/C21H19FN2O3/c1-23(2)11-12-24-18(13-7-3-5-9-15(13)22)17-19(25)14-8-4-6-10-16(14)27-20(17)21(24)26/h3-10,18H,11-12H2,1-2H3/p+1/t18-/m1/s1. The van der Waals surface area contributed by atoms with Crippen LogP contribution in [0.15, 0.2) is 57.7 Å². The minimum Gasteiger partial charge on any atom is -0.450 e. The number of rotatable bonds is 4. The van der Waals surface area contributed by atoms with E-state index >= 15 is 0 Å². The van der Waals surface area contributed by atoms with Crippen molar-refractivity contribution in [2.75, 3.05) is 27.2 Å². The third-order valence-electron chi connectivity index (χ3n) is 4.93. The molecular formula is C21H20FN2O3+. The molecule has 27 heavy (non-hydrogen) atoms. The van der Waals surface area contributed by atoms with E-state index in [0.717, 1.165) is 4.90 Å². The second-order valence-corrected chi connectivity index (χ2v) is 7.05. The number of likely N-dealkylation sites (N-methyl/N-ethyl adjacent to an activating group) is 1. The number of nitrogens with zero attached hydrogens (tertiary/aromatic N) is 1. The molecule has 0 fully saturated rings. The molecule has 3 aromatic rings. The second kappa shape index (κ2) is 6.63. The van der Waals surface area contributed by atoms with Crippen LogP contribution in [0.3, 0.4) is 0 Å². The van der Waals surface area contributed by atoms with Gasteiger partial charge in [0.25, 0.3) is 5.91 Å². The first-order valence-electron chi connectivity index (χ1n) is 8.89. The van der Waals surface area contributed by atoms with E-state index in [-0.39, 0.29) is 22.7 Å². The number of quaternary nitrogens is 1. The number of hydrogen-bond acceptors (Lipinski definition) is 3. The predicted octanol–water partition coefficient (Wildman–Crippen LogP) is 1.62. The first kappa shape index (κ1) is 17.4. The van der Waals surface area contributed by atoms with Gasteiger partial charge >= 0.3 is 0 Å². The number of amides is 1. The fraction of sp³-hybridized carbons (Fsp3) is 0.238. The monoisotopic (exact) mass is 367 g/mol. The molecule has 0 saturated heterocycles. The number of nitrogens with one attached hydrogen (secondary N) is 1. The Bertz CT molecular complexity index is 1090. The van der Waals surface area contributed by atoms with E-state index in [4.69, 9.17) is 4.42 Å². The van der Waals surface area contributed by atoms with Gasteiger partial charge in [-0.25, -0.2) is 4.39 Å². The number of halogens is 1. The molecule has 5 nitrogen and oxygen atoms in total. The molecule has 1 atom stereocenters. The summed E-state index contributed by atoms with van der Waals surface area (Å²) in [6.45, 7) is 1.05. The van der Waals surface area contributed by atoms with Crippen LogP contribution in [0.1, 0.15) is 27.7 Å².